The zero-order chi connectivity index (χ0) is 20.2. The molecule has 0 bridgehead atoms. The van der Waals surface area contributed by atoms with E-state index in [-0.39, 0.29) is 6.61 Å². The van der Waals surface area contributed by atoms with Gasteiger partial charge in [-0.05, 0) is 38.2 Å². The molecule has 0 saturated heterocycles. The first kappa shape index (κ1) is 21.7. The molecule has 0 radical (unpaired) electrons. The Kier molecular flexibility index (Phi) is 9.26. The smallest absolute Gasteiger partial charge is 0.130 e. The van der Waals surface area contributed by atoms with Crippen LogP contribution in [-0.4, -0.2) is 25.9 Å². The number of ether oxygens (including phenoxy) is 2. The van der Waals surface area contributed by atoms with Crippen LogP contribution in [0.5, 0.6) is 11.5 Å². The normalized spacial score (nSPS) is 10.0. The molecule has 0 saturated carbocycles. The van der Waals surface area contributed by atoms with Crippen molar-refractivity contribution >= 4 is 10.8 Å². The topological polar surface area (TPSA) is 38.7 Å². The first-order chi connectivity index (χ1) is 13.7. The summed E-state index contributed by atoms with van der Waals surface area (Å²) in [6.07, 6.45) is 6.63. The van der Waals surface area contributed by atoms with E-state index in [1.165, 1.54) is 5.56 Å². The van der Waals surface area contributed by atoms with E-state index in [2.05, 4.69) is 42.7 Å². The molecule has 2 aromatic rings. The van der Waals surface area contributed by atoms with E-state index >= 15 is 0 Å². The largest absolute Gasteiger partial charge is 0.496 e. The molecule has 0 fully saturated rings. The van der Waals surface area contributed by atoms with Crippen molar-refractivity contribution < 1.29 is 14.6 Å². The van der Waals surface area contributed by atoms with Gasteiger partial charge in [-0.2, -0.15) is 0 Å². The number of fused-ring (bicyclic) bond motifs is 1. The lowest BCUT2D eigenvalue weighted by molar-refractivity contribution is 0.350. The third-order valence-corrected chi connectivity index (χ3v) is 4.80. The van der Waals surface area contributed by atoms with Crippen LogP contribution in [0.25, 0.3) is 10.8 Å². The molecular formula is C25H30O3. The summed E-state index contributed by atoms with van der Waals surface area (Å²) >= 11 is 0. The zero-order valence-corrected chi connectivity index (χ0v) is 17.2. The number of aliphatic hydroxyl groups is 1. The van der Waals surface area contributed by atoms with Crippen molar-refractivity contribution in [3.8, 4) is 35.2 Å². The van der Waals surface area contributed by atoms with Crippen molar-refractivity contribution in [2.45, 2.75) is 51.9 Å². The summed E-state index contributed by atoms with van der Waals surface area (Å²) in [6, 6.07) is 8.24. The van der Waals surface area contributed by atoms with Gasteiger partial charge < -0.3 is 14.6 Å². The average molecular weight is 379 g/mol. The molecule has 0 aliphatic rings. The molecule has 0 unspecified atom stereocenters. The second-order valence-corrected chi connectivity index (χ2v) is 6.64. The van der Waals surface area contributed by atoms with E-state index < -0.39 is 0 Å². The van der Waals surface area contributed by atoms with Gasteiger partial charge in [0.1, 0.15) is 18.1 Å². The fraction of sp³-hybridized carbons (Fsp3) is 0.440. The Morgan fingerprint density at radius 1 is 0.786 bits per heavy atom. The first-order valence-electron chi connectivity index (χ1n) is 9.89. The number of benzene rings is 2. The lowest BCUT2D eigenvalue weighted by atomic mass is 9.95. The molecule has 2 rings (SSSR count). The summed E-state index contributed by atoms with van der Waals surface area (Å²) in [5, 5.41) is 10.8. The molecule has 3 heteroatoms. The number of rotatable bonds is 8. The van der Waals surface area contributed by atoms with Crippen LogP contribution in [0.3, 0.4) is 0 Å². The predicted octanol–water partition coefficient (Wildman–Crippen LogP) is 5.05. The lowest BCUT2D eigenvalue weighted by Crippen LogP contribution is -2.01. The van der Waals surface area contributed by atoms with Gasteiger partial charge in [-0.3, -0.25) is 0 Å². The fourth-order valence-corrected chi connectivity index (χ4v) is 3.45. The minimum Gasteiger partial charge on any atom is -0.496 e. The van der Waals surface area contributed by atoms with Gasteiger partial charge in [-0.15, -0.1) is 17.8 Å². The van der Waals surface area contributed by atoms with E-state index in [0.29, 0.717) is 0 Å². The van der Waals surface area contributed by atoms with Crippen molar-refractivity contribution in [3.05, 3.63) is 35.4 Å². The number of aliphatic hydroxyl groups excluding tert-OH is 1. The van der Waals surface area contributed by atoms with Gasteiger partial charge in [0.15, 0.2) is 0 Å². The molecule has 148 valence electrons. The molecule has 28 heavy (non-hydrogen) atoms. The minimum absolute atomic E-state index is 0.0565. The molecule has 0 atom stereocenters. The van der Waals surface area contributed by atoms with Crippen LogP contribution in [0, 0.1) is 30.6 Å². The van der Waals surface area contributed by atoms with E-state index in [1.54, 1.807) is 14.2 Å². The number of methoxy groups -OCH3 is 2. The van der Waals surface area contributed by atoms with E-state index in [1.807, 2.05) is 12.1 Å². The summed E-state index contributed by atoms with van der Waals surface area (Å²) in [4.78, 5) is 0. The van der Waals surface area contributed by atoms with Crippen molar-refractivity contribution in [2.75, 3.05) is 20.8 Å². The second kappa shape index (κ2) is 12.0. The van der Waals surface area contributed by atoms with Crippen molar-refractivity contribution in [2.24, 2.45) is 0 Å². The molecule has 0 spiro atoms. The van der Waals surface area contributed by atoms with Gasteiger partial charge in [0.05, 0.1) is 14.2 Å². The minimum atomic E-state index is -0.0565. The Morgan fingerprint density at radius 3 is 1.96 bits per heavy atom. The molecule has 0 heterocycles. The quantitative estimate of drug-likeness (QED) is 0.516. The fourth-order valence-electron chi connectivity index (χ4n) is 3.45. The number of hydrogen-bond acceptors (Lipinski definition) is 3. The van der Waals surface area contributed by atoms with Gasteiger partial charge in [0, 0.05) is 35.6 Å². The average Bonchev–Trinajstić information content (AvgIpc) is 2.72. The van der Waals surface area contributed by atoms with E-state index in [9.17, 15) is 0 Å². The third kappa shape index (κ3) is 5.69. The van der Waals surface area contributed by atoms with Crippen LogP contribution >= 0.6 is 0 Å². The van der Waals surface area contributed by atoms with Crippen LogP contribution in [0.1, 0.15) is 49.7 Å². The highest BCUT2D eigenvalue weighted by Gasteiger charge is 2.17. The molecule has 3 nitrogen and oxygen atoms in total. The Morgan fingerprint density at radius 2 is 1.36 bits per heavy atom. The van der Waals surface area contributed by atoms with Gasteiger partial charge in [-0.25, -0.2) is 0 Å². The molecule has 0 aromatic heterocycles. The monoisotopic (exact) mass is 378 g/mol. The maximum absolute atomic E-state index is 8.59. The standard InChI is InChI=1S/C25H30O3/c1-20-21(16-12-10-8-6-4-5-7-9-11-15-19-26)25(28-3)23-18-14-13-17-22(23)24(20)27-2/h13-14,17-18,26H,5,7-10,12,16,19H2,1-3H3. The van der Waals surface area contributed by atoms with Gasteiger partial charge in [0.25, 0.3) is 0 Å². The summed E-state index contributed by atoms with van der Waals surface area (Å²) < 4.78 is 11.5. The van der Waals surface area contributed by atoms with Crippen LogP contribution in [0.15, 0.2) is 24.3 Å². The Bertz CT molecular complexity index is 891. The molecule has 1 N–H and O–H groups in total. The van der Waals surface area contributed by atoms with Gasteiger partial charge in [-0.1, -0.05) is 30.2 Å². The maximum atomic E-state index is 8.59. The molecule has 0 amide bonds. The van der Waals surface area contributed by atoms with Gasteiger partial charge >= 0.3 is 0 Å². The molecule has 0 aliphatic heterocycles. The first-order valence-corrected chi connectivity index (χ1v) is 9.89. The summed E-state index contributed by atoms with van der Waals surface area (Å²) in [6.45, 7) is 2.06. The third-order valence-electron chi connectivity index (χ3n) is 4.80. The van der Waals surface area contributed by atoms with Crippen molar-refractivity contribution in [3.63, 3.8) is 0 Å². The van der Waals surface area contributed by atoms with Crippen molar-refractivity contribution in [1.82, 2.24) is 0 Å². The van der Waals surface area contributed by atoms with Crippen LogP contribution < -0.4 is 9.47 Å². The van der Waals surface area contributed by atoms with E-state index in [0.717, 1.165) is 72.8 Å². The lowest BCUT2D eigenvalue weighted by Gasteiger charge is -2.18. The summed E-state index contributed by atoms with van der Waals surface area (Å²) in [7, 11) is 3.48. The Labute approximate surface area is 169 Å². The highest BCUT2D eigenvalue weighted by atomic mass is 16.5. The number of unbranched alkanes of at least 4 members (excludes halogenated alkanes) is 4. The summed E-state index contributed by atoms with van der Waals surface area (Å²) in [5.74, 6) is 13.9. The zero-order valence-electron chi connectivity index (χ0n) is 17.2. The molecule has 0 aliphatic carbocycles. The van der Waals surface area contributed by atoms with Crippen molar-refractivity contribution in [1.29, 1.82) is 0 Å². The molecule has 2 aromatic carbocycles. The second-order valence-electron chi connectivity index (χ2n) is 6.64. The highest BCUT2D eigenvalue weighted by molar-refractivity contribution is 5.96. The predicted molar refractivity (Wildman–Crippen MR) is 116 cm³/mol. The highest BCUT2D eigenvalue weighted by Crippen LogP contribution is 2.40. The number of hydrogen-bond donors (Lipinski definition) is 1. The summed E-state index contributed by atoms with van der Waals surface area (Å²) in [5.41, 5.74) is 2.39. The van der Waals surface area contributed by atoms with Gasteiger partial charge in [0.2, 0.25) is 0 Å². The van der Waals surface area contributed by atoms with Crippen LogP contribution in [-0.2, 0) is 6.42 Å². The Hall–Kier alpha value is -2.62. The van der Waals surface area contributed by atoms with E-state index in [4.69, 9.17) is 14.6 Å². The molecular weight excluding hydrogens is 348 g/mol. The Balaban J connectivity index is 1.95. The SMILES string of the molecule is COc1c(C)c(CCCCC#CCCCC#CCO)c(OC)c2ccccc12. The van der Waals surface area contributed by atoms with Crippen LogP contribution in [0.4, 0.5) is 0 Å². The van der Waals surface area contributed by atoms with Crippen LogP contribution in [0.2, 0.25) is 0 Å². The maximum Gasteiger partial charge on any atom is 0.130 e.